The molecule has 0 aliphatic carbocycles. The Bertz CT molecular complexity index is 1020. The summed E-state index contributed by atoms with van der Waals surface area (Å²) in [7, 11) is 0. The molecule has 0 saturated carbocycles. The number of anilines is 1. The molecular weight excluding hydrogens is 417 g/mol. The molecule has 158 valence electrons. The van der Waals surface area contributed by atoms with Crippen LogP contribution >= 0.6 is 11.6 Å². The van der Waals surface area contributed by atoms with Crippen LogP contribution in [0.2, 0.25) is 5.02 Å². The molecule has 0 radical (unpaired) electrons. The lowest BCUT2D eigenvalue weighted by Gasteiger charge is -2.38. The smallest absolute Gasteiger partial charge is 0.416 e. The van der Waals surface area contributed by atoms with Crippen molar-refractivity contribution in [2.45, 2.75) is 19.1 Å². The standard InChI is InChI=1S/C21H20ClF3N4O/c1-14(19-26-27-20(30-19)15-4-2-6-17(22)12-15)28-8-10-29(11-9-28)18-7-3-5-16(13-18)21(23,24)25/h2-7,12-14H,8-11H2,1H3/t14-/m1/s1. The first kappa shape index (κ1) is 20.7. The van der Waals surface area contributed by atoms with E-state index in [1.165, 1.54) is 12.1 Å². The molecule has 0 unspecified atom stereocenters. The second-order valence-electron chi connectivity index (χ2n) is 7.20. The Kier molecular flexibility index (Phi) is 5.71. The fraction of sp³-hybridized carbons (Fsp3) is 0.333. The number of piperazine rings is 1. The summed E-state index contributed by atoms with van der Waals surface area (Å²) in [5.74, 6) is 0.902. The van der Waals surface area contributed by atoms with E-state index in [0.717, 1.165) is 11.6 Å². The van der Waals surface area contributed by atoms with Crippen molar-refractivity contribution in [1.29, 1.82) is 0 Å². The number of benzene rings is 2. The zero-order valence-corrected chi connectivity index (χ0v) is 17.0. The summed E-state index contributed by atoms with van der Waals surface area (Å²) in [4.78, 5) is 4.14. The molecule has 1 aliphatic rings. The minimum atomic E-state index is -4.34. The van der Waals surface area contributed by atoms with Crippen LogP contribution in [0, 0.1) is 0 Å². The van der Waals surface area contributed by atoms with Crippen molar-refractivity contribution in [2.24, 2.45) is 0 Å². The Morgan fingerprint density at radius 1 is 1.00 bits per heavy atom. The van der Waals surface area contributed by atoms with Gasteiger partial charge in [0.1, 0.15) is 0 Å². The van der Waals surface area contributed by atoms with Gasteiger partial charge in [0.2, 0.25) is 11.8 Å². The number of hydrogen-bond donors (Lipinski definition) is 0. The summed E-state index contributed by atoms with van der Waals surface area (Å²) < 4.78 is 44.8. The van der Waals surface area contributed by atoms with Crippen molar-refractivity contribution in [2.75, 3.05) is 31.1 Å². The lowest BCUT2D eigenvalue weighted by atomic mass is 10.1. The van der Waals surface area contributed by atoms with Gasteiger partial charge in [-0.05, 0) is 43.3 Å². The maximum atomic E-state index is 13.0. The van der Waals surface area contributed by atoms with Crippen LogP contribution in [0.5, 0.6) is 0 Å². The van der Waals surface area contributed by atoms with Gasteiger partial charge < -0.3 is 9.32 Å². The molecule has 0 N–H and O–H groups in total. The van der Waals surface area contributed by atoms with Gasteiger partial charge in [0, 0.05) is 42.5 Å². The topological polar surface area (TPSA) is 45.4 Å². The summed E-state index contributed by atoms with van der Waals surface area (Å²) >= 11 is 6.02. The van der Waals surface area contributed by atoms with E-state index in [2.05, 4.69) is 15.1 Å². The summed E-state index contributed by atoms with van der Waals surface area (Å²) in [5.41, 5.74) is 0.705. The largest absolute Gasteiger partial charge is 0.419 e. The van der Waals surface area contributed by atoms with Gasteiger partial charge in [-0.1, -0.05) is 23.7 Å². The minimum Gasteiger partial charge on any atom is -0.419 e. The monoisotopic (exact) mass is 436 g/mol. The summed E-state index contributed by atoms with van der Waals surface area (Å²) in [5, 5.41) is 8.88. The molecule has 2 aromatic carbocycles. The third-order valence-electron chi connectivity index (χ3n) is 5.27. The highest BCUT2D eigenvalue weighted by Crippen LogP contribution is 2.32. The summed E-state index contributed by atoms with van der Waals surface area (Å²) in [6.45, 7) is 4.55. The third kappa shape index (κ3) is 4.44. The Morgan fingerprint density at radius 3 is 2.43 bits per heavy atom. The fourth-order valence-electron chi connectivity index (χ4n) is 3.54. The molecule has 0 bridgehead atoms. The van der Waals surface area contributed by atoms with Gasteiger partial charge in [-0.25, -0.2) is 0 Å². The number of rotatable bonds is 4. The Hall–Kier alpha value is -2.58. The molecule has 1 saturated heterocycles. The van der Waals surface area contributed by atoms with E-state index in [0.29, 0.717) is 48.7 Å². The number of alkyl halides is 3. The summed E-state index contributed by atoms with van der Waals surface area (Å²) in [6.07, 6.45) is -4.34. The van der Waals surface area contributed by atoms with Crippen LogP contribution in [0.3, 0.4) is 0 Å². The lowest BCUT2D eigenvalue weighted by Crippen LogP contribution is -2.47. The number of hydrogen-bond acceptors (Lipinski definition) is 5. The van der Waals surface area contributed by atoms with Gasteiger partial charge in [0.15, 0.2) is 0 Å². The van der Waals surface area contributed by atoms with Gasteiger partial charge in [-0.2, -0.15) is 13.2 Å². The Labute approximate surface area is 177 Å². The SMILES string of the molecule is C[C@H](c1nnc(-c2cccc(Cl)c2)o1)N1CCN(c2cccc(C(F)(F)F)c2)CC1. The first-order chi connectivity index (χ1) is 14.3. The quantitative estimate of drug-likeness (QED) is 0.556. The van der Waals surface area contributed by atoms with Crippen LogP contribution < -0.4 is 4.90 Å². The maximum absolute atomic E-state index is 13.0. The van der Waals surface area contributed by atoms with E-state index in [-0.39, 0.29) is 6.04 Å². The maximum Gasteiger partial charge on any atom is 0.416 e. The van der Waals surface area contributed by atoms with Gasteiger partial charge in [0.05, 0.1) is 11.6 Å². The van der Waals surface area contributed by atoms with Crippen molar-refractivity contribution in [3.63, 3.8) is 0 Å². The molecule has 0 amide bonds. The molecule has 1 aromatic heterocycles. The van der Waals surface area contributed by atoms with Gasteiger partial charge in [-0.15, -0.1) is 10.2 Å². The average Bonchev–Trinajstić information content (AvgIpc) is 3.23. The number of halogens is 4. The lowest BCUT2D eigenvalue weighted by molar-refractivity contribution is -0.137. The minimum absolute atomic E-state index is 0.103. The van der Waals surface area contributed by atoms with E-state index < -0.39 is 11.7 Å². The van der Waals surface area contributed by atoms with Crippen molar-refractivity contribution in [1.82, 2.24) is 15.1 Å². The molecule has 1 aliphatic heterocycles. The van der Waals surface area contributed by atoms with Crippen LogP contribution in [0.1, 0.15) is 24.4 Å². The average molecular weight is 437 g/mol. The second kappa shape index (κ2) is 8.28. The predicted octanol–water partition coefficient (Wildman–Crippen LogP) is 5.29. The predicted molar refractivity (Wildman–Crippen MR) is 108 cm³/mol. The molecule has 4 rings (SSSR count). The Morgan fingerprint density at radius 2 is 1.73 bits per heavy atom. The molecule has 9 heteroatoms. The van der Waals surface area contributed by atoms with Crippen molar-refractivity contribution in [3.05, 3.63) is 65.0 Å². The highest BCUT2D eigenvalue weighted by molar-refractivity contribution is 6.30. The van der Waals surface area contributed by atoms with Crippen molar-refractivity contribution in [3.8, 4) is 11.5 Å². The Balaban J connectivity index is 1.41. The molecule has 3 aromatic rings. The van der Waals surface area contributed by atoms with Crippen LogP contribution in [0.4, 0.5) is 18.9 Å². The highest BCUT2D eigenvalue weighted by Gasteiger charge is 2.31. The molecule has 1 fully saturated rings. The first-order valence-electron chi connectivity index (χ1n) is 9.57. The molecule has 0 spiro atoms. The summed E-state index contributed by atoms with van der Waals surface area (Å²) in [6, 6.07) is 12.6. The third-order valence-corrected chi connectivity index (χ3v) is 5.51. The van der Waals surface area contributed by atoms with Crippen LogP contribution in [-0.2, 0) is 6.18 Å². The van der Waals surface area contributed by atoms with Crippen LogP contribution in [0.25, 0.3) is 11.5 Å². The number of aromatic nitrogens is 2. The van der Waals surface area contributed by atoms with Gasteiger partial charge in [0.25, 0.3) is 0 Å². The molecule has 30 heavy (non-hydrogen) atoms. The van der Waals surface area contributed by atoms with Gasteiger partial charge in [-0.3, -0.25) is 4.90 Å². The highest BCUT2D eigenvalue weighted by atomic mass is 35.5. The van der Waals surface area contributed by atoms with Crippen molar-refractivity contribution < 1.29 is 17.6 Å². The van der Waals surface area contributed by atoms with E-state index >= 15 is 0 Å². The normalized spacial score (nSPS) is 16.6. The molecule has 2 heterocycles. The zero-order valence-electron chi connectivity index (χ0n) is 16.2. The fourth-order valence-corrected chi connectivity index (χ4v) is 3.73. The van der Waals surface area contributed by atoms with E-state index in [1.54, 1.807) is 18.2 Å². The van der Waals surface area contributed by atoms with E-state index in [1.807, 2.05) is 24.0 Å². The van der Waals surface area contributed by atoms with E-state index in [9.17, 15) is 13.2 Å². The van der Waals surface area contributed by atoms with Crippen molar-refractivity contribution >= 4 is 17.3 Å². The van der Waals surface area contributed by atoms with Gasteiger partial charge >= 0.3 is 6.18 Å². The van der Waals surface area contributed by atoms with E-state index in [4.69, 9.17) is 16.0 Å². The molecule has 5 nitrogen and oxygen atoms in total. The zero-order chi connectivity index (χ0) is 21.3. The molecular formula is C21H20ClF3N4O. The molecule has 1 atom stereocenters. The second-order valence-corrected chi connectivity index (χ2v) is 7.64. The first-order valence-corrected chi connectivity index (χ1v) is 9.94. The van der Waals surface area contributed by atoms with Crippen LogP contribution in [-0.4, -0.2) is 41.3 Å². The van der Waals surface area contributed by atoms with Crippen LogP contribution in [0.15, 0.2) is 52.9 Å². The number of nitrogens with zero attached hydrogens (tertiary/aromatic N) is 4.